The number of carboxylic acid groups (broad SMARTS) is 1. The number of unbranched alkanes of at least 4 members (excludes halogenated alkanes) is 1. The number of carbonyl (C=O) groups excluding carboxylic acids is 3. The second-order valence-electron chi connectivity index (χ2n) is 10.3. The summed E-state index contributed by atoms with van der Waals surface area (Å²) < 4.78 is 0. The fraction of sp³-hybridized carbons (Fsp3) is 0.467. The number of nitrogens with two attached hydrogens (primary N) is 2. The van der Waals surface area contributed by atoms with Crippen molar-refractivity contribution in [3.63, 3.8) is 0 Å². The summed E-state index contributed by atoms with van der Waals surface area (Å²) in [5.41, 5.74) is 13.1. The van der Waals surface area contributed by atoms with E-state index in [1.807, 2.05) is 19.9 Å². The lowest BCUT2D eigenvalue weighted by Gasteiger charge is -2.26. The van der Waals surface area contributed by atoms with Crippen LogP contribution in [0.2, 0.25) is 0 Å². The van der Waals surface area contributed by atoms with Crippen molar-refractivity contribution in [1.82, 2.24) is 16.0 Å². The molecule has 11 heteroatoms. The molecule has 224 valence electrons. The fourth-order valence-corrected chi connectivity index (χ4v) is 4.21. The Balaban J connectivity index is 2.25. The van der Waals surface area contributed by atoms with Gasteiger partial charge in [0.1, 0.15) is 23.9 Å². The maximum atomic E-state index is 13.5. The average Bonchev–Trinajstić information content (AvgIpc) is 2.96. The molecule has 11 nitrogen and oxygen atoms in total. The van der Waals surface area contributed by atoms with E-state index < -0.39 is 47.9 Å². The molecule has 0 heterocycles. The van der Waals surface area contributed by atoms with Crippen LogP contribution in [0.1, 0.15) is 50.7 Å². The summed E-state index contributed by atoms with van der Waals surface area (Å²) >= 11 is 0. The van der Waals surface area contributed by atoms with Crippen molar-refractivity contribution >= 4 is 23.7 Å². The number of amides is 3. The molecule has 0 aromatic heterocycles. The summed E-state index contributed by atoms with van der Waals surface area (Å²) in [6, 6.07) is 10.9. The van der Waals surface area contributed by atoms with E-state index in [2.05, 4.69) is 16.0 Å². The summed E-state index contributed by atoms with van der Waals surface area (Å²) in [7, 11) is 0. The smallest absolute Gasteiger partial charge is 0.326 e. The Labute approximate surface area is 241 Å². The second-order valence-corrected chi connectivity index (χ2v) is 10.3. The van der Waals surface area contributed by atoms with Gasteiger partial charge in [0.15, 0.2) is 0 Å². The van der Waals surface area contributed by atoms with Crippen LogP contribution in [0.3, 0.4) is 0 Å². The van der Waals surface area contributed by atoms with Gasteiger partial charge in [0.05, 0.1) is 6.04 Å². The van der Waals surface area contributed by atoms with E-state index in [4.69, 9.17) is 11.5 Å². The number of carbonyl (C=O) groups is 4. The zero-order valence-corrected chi connectivity index (χ0v) is 23.7. The third kappa shape index (κ3) is 11.2. The molecule has 2 rings (SSSR count). The lowest BCUT2D eigenvalue weighted by Crippen LogP contribution is -2.58. The molecule has 0 saturated heterocycles. The molecule has 3 amide bonds. The number of rotatable bonds is 17. The molecule has 5 atom stereocenters. The summed E-state index contributed by atoms with van der Waals surface area (Å²) in [6.07, 6.45) is 2.15. The quantitative estimate of drug-likeness (QED) is 0.138. The standard InChI is InChI=1S/C30H43N5O6/c1-3-19(2)26(32)29(39)34-24(17-21-12-14-22(36)15-13-21)28(38)33-23(11-7-8-16-31)27(37)35-25(30(40)41)18-20-9-5-4-6-10-20/h4-6,9-10,12-15,19,23-26,36H,3,7-8,11,16-18,31-32H2,1-2H3,(H,33,38)(H,34,39)(H,35,37)(H,40,41). The van der Waals surface area contributed by atoms with E-state index in [-0.39, 0.29) is 30.9 Å². The molecule has 0 saturated carbocycles. The van der Waals surface area contributed by atoms with Gasteiger partial charge in [0.25, 0.3) is 0 Å². The molecule has 0 aliphatic carbocycles. The number of phenols is 1. The number of carboxylic acids is 1. The van der Waals surface area contributed by atoms with Gasteiger partial charge in [0, 0.05) is 12.8 Å². The maximum Gasteiger partial charge on any atom is 0.326 e. The summed E-state index contributed by atoms with van der Waals surface area (Å²) in [5, 5.41) is 27.4. The molecule has 5 unspecified atom stereocenters. The molecule has 2 aromatic carbocycles. The zero-order valence-electron chi connectivity index (χ0n) is 23.7. The number of aromatic hydroxyl groups is 1. The first-order valence-electron chi connectivity index (χ1n) is 14.0. The Morgan fingerprint density at radius 3 is 1.90 bits per heavy atom. The van der Waals surface area contributed by atoms with Crippen molar-refractivity contribution in [2.45, 2.75) is 76.5 Å². The van der Waals surface area contributed by atoms with Gasteiger partial charge >= 0.3 is 5.97 Å². The van der Waals surface area contributed by atoms with E-state index >= 15 is 0 Å². The Bertz CT molecular complexity index is 1130. The molecule has 9 N–H and O–H groups in total. The van der Waals surface area contributed by atoms with Crippen LogP contribution in [0, 0.1) is 5.92 Å². The van der Waals surface area contributed by atoms with Gasteiger partial charge in [-0.2, -0.15) is 0 Å². The molecular formula is C30H43N5O6. The van der Waals surface area contributed by atoms with Gasteiger partial charge in [-0.1, -0.05) is 62.7 Å². The molecule has 2 aromatic rings. The topological polar surface area (TPSA) is 197 Å². The van der Waals surface area contributed by atoms with Crippen LogP contribution < -0.4 is 27.4 Å². The van der Waals surface area contributed by atoms with Crippen molar-refractivity contribution < 1.29 is 29.4 Å². The Morgan fingerprint density at radius 1 is 0.780 bits per heavy atom. The predicted octanol–water partition coefficient (Wildman–Crippen LogP) is 1.22. The van der Waals surface area contributed by atoms with Crippen LogP contribution in [0.5, 0.6) is 5.75 Å². The minimum atomic E-state index is -1.21. The molecule has 41 heavy (non-hydrogen) atoms. The van der Waals surface area contributed by atoms with Crippen LogP contribution in [-0.4, -0.2) is 64.6 Å². The summed E-state index contributed by atoms with van der Waals surface area (Å²) in [5.74, 6) is -3.05. The van der Waals surface area contributed by atoms with Crippen molar-refractivity contribution in [2.75, 3.05) is 6.54 Å². The predicted molar refractivity (Wildman–Crippen MR) is 156 cm³/mol. The van der Waals surface area contributed by atoms with E-state index in [0.717, 1.165) is 5.56 Å². The average molecular weight is 570 g/mol. The SMILES string of the molecule is CCC(C)C(N)C(=O)NC(Cc1ccc(O)cc1)C(=O)NC(CCCCN)C(=O)NC(Cc1ccccc1)C(=O)O. The minimum absolute atomic E-state index is 0.0534. The fourth-order valence-electron chi connectivity index (χ4n) is 4.21. The van der Waals surface area contributed by atoms with E-state index in [1.54, 1.807) is 36.4 Å². The van der Waals surface area contributed by atoms with Crippen molar-refractivity contribution in [3.8, 4) is 5.75 Å². The Morgan fingerprint density at radius 2 is 1.32 bits per heavy atom. The summed E-state index contributed by atoms with van der Waals surface area (Å²) in [4.78, 5) is 51.7. The number of phenolic OH excluding ortho intramolecular Hbond substituents is 1. The third-order valence-electron chi connectivity index (χ3n) is 7.05. The molecule has 0 bridgehead atoms. The van der Waals surface area contributed by atoms with Crippen molar-refractivity contribution in [1.29, 1.82) is 0 Å². The van der Waals surface area contributed by atoms with Gasteiger partial charge in [-0.15, -0.1) is 0 Å². The van der Waals surface area contributed by atoms with Gasteiger partial charge in [-0.3, -0.25) is 14.4 Å². The first-order valence-corrected chi connectivity index (χ1v) is 14.0. The number of nitrogens with one attached hydrogen (secondary N) is 3. The van der Waals surface area contributed by atoms with E-state index in [9.17, 15) is 29.4 Å². The lowest BCUT2D eigenvalue weighted by atomic mass is 9.98. The third-order valence-corrected chi connectivity index (χ3v) is 7.05. The summed E-state index contributed by atoms with van der Waals surface area (Å²) in [6.45, 7) is 4.14. The first-order chi connectivity index (χ1) is 19.5. The number of hydrogen-bond donors (Lipinski definition) is 7. The van der Waals surface area contributed by atoms with E-state index in [0.29, 0.717) is 31.4 Å². The molecule has 0 aliphatic rings. The molecular weight excluding hydrogens is 526 g/mol. The highest BCUT2D eigenvalue weighted by atomic mass is 16.4. The van der Waals surface area contributed by atoms with Gasteiger partial charge in [0.2, 0.25) is 17.7 Å². The number of benzene rings is 2. The lowest BCUT2D eigenvalue weighted by molar-refractivity contribution is -0.142. The normalized spacial score (nSPS) is 14.6. The van der Waals surface area contributed by atoms with Crippen LogP contribution in [0.4, 0.5) is 0 Å². The van der Waals surface area contributed by atoms with Crippen LogP contribution >= 0.6 is 0 Å². The van der Waals surface area contributed by atoms with Crippen LogP contribution in [0.15, 0.2) is 54.6 Å². The second kappa shape index (κ2) is 17.0. The molecule has 0 spiro atoms. The van der Waals surface area contributed by atoms with Crippen LogP contribution in [0.25, 0.3) is 0 Å². The van der Waals surface area contributed by atoms with Crippen LogP contribution in [-0.2, 0) is 32.0 Å². The molecule has 0 fully saturated rings. The van der Waals surface area contributed by atoms with Gasteiger partial charge in [-0.05, 0) is 55.0 Å². The Hall–Kier alpha value is -3.96. The van der Waals surface area contributed by atoms with Gasteiger partial charge < -0.3 is 37.6 Å². The highest BCUT2D eigenvalue weighted by Gasteiger charge is 2.31. The molecule has 0 aliphatic heterocycles. The van der Waals surface area contributed by atoms with E-state index in [1.165, 1.54) is 12.1 Å². The first kappa shape index (κ1) is 33.2. The van der Waals surface area contributed by atoms with Crippen molar-refractivity contribution in [2.24, 2.45) is 17.4 Å². The Kier molecular flexibility index (Phi) is 13.8. The maximum absolute atomic E-state index is 13.5. The monoisotopic (exact) mass is 569 g/mol. The van der Waals surface area contributed by atoms with Crippen molar-refractivity contribution in [3.05, 3.63) is 65.7 Å². The van der Waals surface area contributed by atoms with Gasteiger partial charge in [-0.25, -0.2) is 4.79 Å². The number of aliphatic carboxylic acids is 1. The number of hydrogen-bond acceptors (Lipinski definition) is 7. The minimum Gasteiger partial charge on any atom is -0.508 e. The largest absolute Gasteiger partial charge is 0.508 e. The zero-order chi connectivity index (χ0) is 30.4. The molecule has 0 radical (unpaired) electrons. The highest BCUT2D eigenvalue weighted by Crippen LogP contribution is 2.13. The highest BCUT2D eigenvalue weighted by molar-refractivity contribution is 5.94.